The molecule has 2 saturated heterocycles. The van der Waals surface area contributed by atoms with Crippen molar-refractivity contribution >= 4 is 5.91 Å². The fraction of sp³-hybridized carbons (Fsp3) is 0.938. The van der Waals surface area contributed by atoms with Gasteiger partial charge in [0.2, 0.25) is 5.91 Å². The van der Waals surface area contributed by atoms with Gasteiger partial charge in [-0.2, -0.15) is 0 Å². The van der Waals surface area contributed by atoms with Gasteiger partial charge in [-0.1, -0.05) is 12.8 Å². The van der Waals surface area contributed by atoms with Crippen LogP contribution >= 0.6 is 0 Å². The first-order valence-corrected chi connectivity index (χ1v) is 8.56. The van der Waals surface area contributed by atoms with Gasteiger partial charge in [-0.3, -0.25) is 9.69 Å². The molecule has 0 aromatic carbocycles. The van der Waals surface area contributed by atoms with Crippen LogP contribution in [-0.4, -0.2) is 67.2 Å². The van der Waals surface area contributed by atoms with Crippen molar-refractivity contribution < 1.29 is 9.53 Å². The molecule has 1 aliphatic carbocycles. The van der Waals surface area contributed by atoms with Crippen LogP contribution in [0.3, 0.4) is 0 Å². The molecule has 21 heavy (non-hydrogen) atoms. The van der Waals surface area contributed by atoms with Gasteiger partial charge in [-0.25, -0.2) is 0 Å². The second-order valence-corrected chi connectivity index (χ2v) is 7.01. The van der Waals surface area contributed by atoms with E-state index in [4.69, 9.17) is 10.5 Å². The third kappa shape index (κ3) is 3.58. The molecule has 1 amide bonds. The van der Waals surface area contributed by atoms with Crippen LogP contribution in [0, 0.1) is 5.92 Å². The van der Waals surface area contributed by atoms with Crippen LogP contribution in [-0.2, 0) is 9.53 Å². The Morgan fingerprint density at radius 1 is 1.10 bits per heavy atom. The molecule has 0 unspecified atom stereocenters. The van der Waals surface area contributed by atoms with Crippen molar-refractivity contribution in [2.24, 2.45) is 11.7 Å². The molecule has 2 aliphatic heterocycles. The van der Waals surface area contributed by atoms with Crippen LogP contribution in [0.1, 0.15) is 38.5 Å². The minimum absolute atomic E-state index is 0.200. The topological polar surface area (TPSA) is 58.8 Å². The number of carbonyl (C=O) groups is 1. The summed E-state index contributed by atoms with van der Waals surface area (Å²) in [5.74, 6) is 0.974. The second-order valence-electron chi connectivity index (χ2n) is 7.01. The van der Waals surface area contributed by atoms with Gasteiger partial charge >= 0.3 is 0 Å². The van der Waals surface area contributed by atoms with Crippen LogP contribution in [0.5, 0.6) is 0 Å². The maximum Gasteiger partial charge on any atom is 0.242 e. The van der Waals surface area contributed by atoms with Crippen molar-refractivity contribution in [2.45, 2.75) is 44.1 Å². The summed E-state index contributed by atoms with van der Waals surface area (Å²) in [4.78, 5) is 17.1. The predicted molar refractivity (Wildman–Crippen MR) is 81.9 cm³/mol. The van der Waals surface area contributed by atoms with E-state index in [0.29, 0.717) is 0 Å². The van der Waals surface area contributed by atoms with Crippen LogP contribution in [0.25, 0.3) is 0 Å². The summed E-state index contributed by atoms with van der Waals surface area (Å²) in [6.07, 6.45) is 6.32. The Hall–Kier alpha value is -0.650. The highest BCUT2D eigenvalue weighted by Gasteiger charge is 2.40. The van der Waals surface area contributed by atoms with Gasteiger partial charge in [0.15, 0.2) is 0 Å². The van der Waals surface area contributed by atoms with E-state index >= 15 is 0 Å². The van der Waals surface area contributed by atoms with Crippen molar-refractivity contribution in [1.29, 1.82) is 0 Å². The van der Waals surface area contributed by atoms with E-state index in [9.17, 15) is 4.79 Å². The third-order valence-electron chi connectivity index (χ3n) is 5.44. The Bertz CT molecular complexity index is 355. The maximum absolute atomic E-state index is 12.6. The fourth-order valence-corrected chi connectivity index (χ4v) is 3.96. The fourth-order valence-electron chi connectivity index (χ4n) is 3.96. The Morgan fingerprint density at radius 2 is 1.71 bits per heavy atom. The molecule has 0 aromatic rings. The molecule has 5 heteroatoms. The first-order chi connectivity index (χ1) is 10.2. The van der Waals surface area contributed by atoms with E-state index in [2.05, 4.69) is 4.90 Å². The van der Waals surface area contributed by atoms with Crippen LogP contribution in [0.4, 0.5) is 0 Å². The number of carbonyl (C=O) groups excluding carboxylic acids is 1. The van der Waals surface area contributed by atoms with Gasteiger partial charge in [0.05, 0.1) is 5.54 Å². The Labute approximate surface area is 127 Å². The number of ether oxygens (including phenoxy) is 1. The number of hydrogen-bond donors (Lipinski definition) is 1. The Kier molecular flexibility index (Phi) is 4.82. The number of nitrogens with two attached hydrogens (primary N) is 1. The summed E-state index contributed by atoms with van der Waals surface area (Å²) in [6.45, 7) is 6.69. The zero-order valence-electron chi connectivity index (χ0n) is 13.1. The molecule has 0 radical (unpaired) electrons. The highest BCUT2D eigenvalue weighted by atomic mass is 16.5. The van der Waals surface area contributed by atoms with Gasteiger partial charge in [-0.05, 0) is 31.6 Å². The van der Waals surface area contributed by atoms with Gasteiger partial charge in [0.1, 0.15) is 0 Å². The van der Waals surface area contributed by atoms with Crippen LogP contribution in [0.2, 0.25) is 0 Å². The highest BCUT2D eigenvalue weighted by Crippen LogP contribution is 2.29. The van der Waals surface area contributed by atoms with Gasteiger partial charge in [-0.15, -0.1) is 0 Å². The molecule has 0 aromatic heterocycles. The third-order valence-corrected chi connectivity index (χ3v) is 5.44. The molecule has 3 fully saturated rings. The van der Waals surface area contributed by atoms with E-state index in [1.165, 1.54) is 19.4 Å². The molecule has 120 valence electrons. The number of piperazine rings is 1. The summed E-state index contributed by atoms with van der Waals surface area (Å²) in [5, 5.41) is 0. The predicted octanol–water partition coefficient (Wildman–Crippen LogP) is 0.829. The standard InChI is InChI=1S/C16H29N3O2/c17-16(5-1-2-6-16)15(20)19-9-7-18(8-10-19)13-14-3-11-21-12-4-14/h14H,1-13,17H2. The first-order valence-electron chi connectivity index (χ1n) is 8.56. The monoisotopic (exact) mass is 295 g/mol. The summed E-state index contributed by atoms with van der Waals surface area (Å²) in [5.41, 5.74) is 5.75. The molecular formula is C16H29N3O2. The Balaban J connectivity index is 1.45. The molecular weight excluding hydrogens is 266 g/mol. The van der Waals surface area contributed by atoms with E-state index in [0.717, 1.165) is 71.0 Å². The van der Waals surface area contributed by atoms with Gasteiger partial charge in [0, 0.05) is 45.9 Å². The average molecular weight is 295 g/mol. The lowest BCUT2D eigenvalue weighted by atomic mass is 9.96. The van der Waals surface area contributed by atoms with E-state index in [1.807, 2.05) is 4.90 Å². The molecule has 2 heterocycles. The summed E-state index contributed by atoms with van der Waals surface area (Å²) >= 11 is 0. The second kappa shape index (κ2) is 6.63. The molecule has 0 atom stereocenters. The number of nitrogens with zero attached hydrogens (tertiary/aromatic N) is 2. The normalized spacial score (nSPS) is 28.0. The highest BCUT2D eigenvalue weighted by molar-refractivity contribution is 5.86. The SMILES string of the molecule is NC1(C(=O)N2CCN(CC3CCOCC3)CC2)CCCC1. The molecule has 2 N–H and O–H groups in total. The molecule has 0 bridgehead atoms. The lowest BCUT2D eigenvalue weighted by molar-refractivity contribution is -0.138. The smallest absolute Gasteiger partial charge is 0.242 e. The lowest BCUT2D eigenvalue weighted by Crippen LogP contribution is -2.58. The minimum atomic E-state index is -0.553. The van der Waals surface area contributed by atoms with Crippen molar-refractivity contribution in [1.82, 2.24) is 9.80 Å². The van der Waals surface area contributed by atoms with Gasteiger partial charge < -0.3 is 15.4 Å². The molecule has 0 spiro atoms. The minimum Gasteiger partial charge on any atom is -0.381 e. The lowest BCUT2D eigenvalue weighted by Gasteiger charge is -2.39. The molecule has 3 aliphatic rings. The number of hydrogen-bond acceptors (Lipinski definition) is 4. The first kappa shape index (κ1) is 15.3. The van der Waals surface area contributed by atoms with E-state index in [-0.39, 0.29) is 5.91 Å². The largest absolute Gasteiger partial charge is 0.381 e. The molecule has 3 rings (SSSR count). The van der Waals surface area contributed by atoms with E-state index < -0.39 is 5.54 Å². The average Bonchev–Trinajstić information content (AvgIpc) is 2.96. The quantitative estimate of drug-likeness (QED) is 0.838. The van der Waals surface area contributed by atoms with Crippen molar-refractivity contribution in [2.75, 3.05) is 45.9 Å². The zero-order valence-corrected chi connectivity index (χ0v) is 13.1. The number of amides is 1. The molecule has 1 saturated carbocycles. The van der Waals surface area contributed by atoms with Crippen molar-refractivity contribution in [3.8, 4) is 0 Å². The number of rotatable bonds is 3. The maximum atomic E-state index is 12.6. The van der Waals surface area contributed by atoms with Gasteiger partial charge in [0.25, 0.3) is 0 Å². The van der Waals surface area contributed by atoms with Crippen LogP contribution < -0.4 is 5.73 Å². The molecule has 5 nitrogen and oxygen atoms in total. The summed E-state index contributed by atoms with van der Waals surface area (Å²) in [7, 11) is 0. The van der Waals surface area contributed by atoms with Crippen molar-refractivity contribution in [3.63, 3.8) is 0 Å². The summed E-state index contributed by atoms with van der Waals surface area (Å²) in [6, 6.07) is 0. The Morgan fingerprint density at radius 3 is 2.33 bits per heavy atom. The van der Waals surface area contributed by atoms with E-state index in [1.54, 1.807) is 0 Å². The summed E-state index contributed by atoms with van der Waals surface area (Å²) < 4.78 is 5.42. The zero-order chi connectivity index (χ0) is 14.7. The van der Waals surface area contributed by atoms with Crippen molar-refractivity contribution in [3.05, 3.63) is 0 Å². The van der Waals surface area contributed by atoms with Crippen LogP contribution in [0.15, 0.2) is 0 Å².